The molecule has 0 aliphatic carbocycles. The van der Waals surface area contributed by atoms with E-state index in [0.717, 1.165) is 16.7 Å². The van der Waals surface area contributed by atoms with Gasteiger partial charge >= 0.3 is 0 Å². The molecule has 0 fully saturated rings. The lowest BCUT2D eigenvalue weighted by Crippen LogP contribution is -2.28. The molecule has 2 heterocycles. The van der Waals surface area contributed by atoms with Crippen molar-refractivity contribution in [1.29, 1.82) is 0 Å². The Morgan fingerprint density at radius 3 is 2.93 bits per heavy atom. The van der Waals surface area contributed by atoms with Gasteiger partial charge in [0, 0.05) is 24.8 Å². The molecule has 0 aliphatic heterocycles. The lowest BCUT2D eigenvalue weighted by Gasteiger charge is -2.17. The van der Waals surface area contributed by atoms with Crippen molar-refractivity contribution in [1.82, 2.24) is 24.5 Å². The van der Waals surface area contributed by atoms with Crippen LogP contribution in [0.15, 0.2) is 47.2 Å². The number of carbonyl (C=O) groups is 1. The SMILES string of the molecule is CCn1ncc(Br)c1CN(C)C(=O)c1ccn(COc2cccc(Cl)c2)n1. The number of rotatable bonds is 7. The van der Waals surface area contributed by atoms with Crippen LogP contribution in [0, 0.1) is 0 Å². The van der Waals surface area contributed by atoms with Crippen molar-refractivity contribution in [3.05, 3.63) is 63.6 Å². The van der Waals surface area contributed by atoms with Crippen LogP contribution >= 0.6 is 27.5 Å². The first-order chi connectivity index (χ1) is 13.0. The molecule has 0 atom stereocenters. The first-order valence-corrected chi connectivity index (χ1v) is 9.52. The van der Waals surface area contributed by atoms with Gasteiger partial charge in [0.05, 0.1) is 22.9 Å². The summed E-state index contributed by atoms with van der Waals surface area (Å²) in [4.78, 5) is 14.3. The number of ether oxygens (including phenoxy) is 1. The minimum Gasteiger partial charge on any atom is -0.471 e. The number of hydrogen-bond acceptors (Lipinski definition) is 4. The fourth-order valence-corrected chi connectivity index (χ4v) is 3.16. The maximum Gasteiger partial charge on any atom is 0.274 e. The molecule has 0 spiro atoms. The molecule has 1 amide bonds. The smallest absolute Gasteiger partial charge is 0.274 e. The molecule has 9 heteroatoms. The highest BCUT2D eigenvalue weighted by Crippen LogP contribution is 2.19. The average molecular weight is 453 g/mol. The van der Waals surface area contributed by atoms with Crippen LogP contribution in [0.25, 0.3) is 0 Å². The van der Waals surface area contributed by atoms with Gasteiger partial charge in [-0.3, -0.25) is 9.48 Å². The first-order valence-electron chi connectivity index (χ1n) is 8.35. The van der Waals surface area contributed by atoms with E-state index in [9.17, 15) is 4.79 Å². The van der Waals surface area contributed by atoms with Crippen LogP contribution in [-0.2, 0) is 19.8 Å². The quantitative estimate of drug-likeness (QED) is 0.546. The van der Waals surface area contributed by atoms with Crippen molar-refractivity contribution in [2.24, 2.45) is 0 Å². The molecule has 0 saturated carbocycles. The summed E-state index contributed by atoms with van der Waals surface area (Å²) in [7, 11) is 1.74. The molecule has 7 nitrogen and oxygen atoms in total. The third-order valence-corrected chi connectivity index (χ3v) is 4.85. The highest BCUT2D eigenvalue weighted by atomic mass is 79.9. The van der Waals surface area contributed by atoms with Crippen LogP contribution in [-0.4, -0.2) is 37.4 Å². The van der Waals surface area contributed by atoms with Crippen LogP contribution in [0.5, 0.6) is 5.75 Å². The number of amides is 1. The van der Waals surface area contributed by atoms with Crippen molar-refractivity contribution in [2.45, 2.75) is 26.7 Å². The number of halogens is 2. The molecular weight excluding hydrogens is 434 g/mol. The summed E-state index contributed by atoms with van der Waals surface area (Å²) >= 11 is 9.41. The zero-order valence-electron chi connectivity index (χ0n) is 15.0. The van der Waals surface area contributed by atoms with E-state index in [0.29, 0.717) is 23.0 Å². The van der Waals surface area contributed by atoms with Crippen molar-refractivity contribution in [2.75, 3.05) is 7.05 Å². The number of aryl methyl sites for hydroxylation is 1. The van der Waals surface area contributed by atoms with E-state index in [1.807, 2.05) is 23.7 Å². The van der Waals surface area contributed by atoms with E-state index >= 15 is 0 Å². The van der Waals surface area contributed by atoms with Gasteiger partial charge in [0.1, 0.15) is 5.75 Å². The predicted octanol–water partition coefficient (Wildman–Crippen LogP) is 3.82. The topological polar surface area (TPSA) is 65.2 Å². The molecule has 3 rings (SSSR count). The fourth-order valence-electron chi connectivity index (χ4n) is 2.55. The molecular formula is C18H19BrClN5O2. The highest BCUT2D eigenvalue weighted by molar-refractivity contribution is 9.10. The molecule has 0 unspecified atom stereocenters. The molecule has 0 saturated heterocycles. The summed E-state index contributed by atoms with van der Waals surface area (Å²) in [6.45, 7) is 3.36. The van der Waals surface area contributed by atoms with E-state index in [1.165, 1.54) is 0 Å². The molecule has 0 N–H and O–H groups in total. The Bertz CT molecular complexity index is 939. The molecule has 2 aromatic heterocycles. The van der Waals surface area contributed by atoms with Gasteiger partial charge in [-0.2, -0.15) is 10.2 Å². The van der Waals surface area contributed by atoms with Crippen molar-refractivity contribution in [3.8, 4) is 5.75 Å². The predicted molar refractivity (Wildman–Crippen MR) is 106 cm³/mol. The second-order valence-electron chi connectivity index (χ2n) is 5.89. The van der Waals surface area contributed by atoms with Gasteiger partial charge in [-0.1, -0.05) is 17.7 Å². The standard InChI is InChI=1S/C18H19BrClN5O2/c1-3-25-17(15(19)10-21-25)11-23(2)18(26)16-7-8-24(22-16)12-27-14-6-4-5-13(20)9-14/h4-10H,3,11-12H2,1-2H3. The average Bonchev–Trinajstić information content (AvgIpc) is 3.27. The molecule has 0 aliphatic rings. The van der Waals surface area contributed by atoms with Crippen LogP contribution in [0.2, 0.25) is 5.02 Å². The molecule has 3 aromatic rings. The van der Waals surface area contributed by atoms with Crippen molar-refractivity contribution in [3.63, 3.8) is 0 Å². The van der Waals surface area contributed by atoms with Crippen LogP contribution < -0.4 is 4.74 Å². The molecule has 0 bridgehead atoms. The molecule has 27 heavy (non-hydrogen) atoms. The third-order valence-electron chi connectivity index (χ3n) is 3.95. The van der Waals surface area contributed by atoms with Gasteiger partial charge in [-0.05, 0) is 47.1 Å². The summed E-state index contributed by atoms with van der Waals surface area (Å²) in [5, 5.41) is 9.17. The fraction of sp³-hybridized carbons (Fsp3) is 0.278. The Labute approximate surface area is 170 Å². The Morgan fingerprint density at radius 2 is 2.19 bits per heavy atom. The van der Waals surface area contributed by atoms with Gasteiger partial charge in [0.15, 0.2) is 12.4 Å². The lowest BCUT2D eigenvalue weighted by molar-refractivity contribution is 0.0773. The van der Waals surface area contributed by atoms with Crippen LogP contribution in [0.3, 0.4) is 0 Å². The Kier molecular flexibility index (Phi) is 6.18. The summed E-state index contributed by atoms with van der Waals surface area (Å²) in [6.07, 6.45) is 3.44. The number of benzene rings is 1. The number of aromatic nitrogens is 4. The van der Waals surface area contributed by atoms with E-state index in [-0.39, 0.29) is 12.6 Å². The number of nitrogens with zero attached hydrogens (tertiary/aromatic N) is 5. The van der Waals surface area contributed by atoms with E-state index in [1.54, 1.807) is 47.2 Å². The zero-order chi connectivity index (χ0) is 19.4. The molecule has 0 radical (unpaired) electrons. The van der Waals surface area contributed by atoms with Crippen LogP contribution in [0.1, 0.15) is 23.1 Å². The summed E-state index contributed by atoms with van der Waals surface area (Å²) in [5.74, 6) is 0.466. The van der Waals surface area contributed by atoms with Gasteiger partial charge in [0.25, 0.3) is 5.91 Å². The Hall–Kier alpha value is -2.32. The molecule has 1 aromatic carbocycles. The second-order valence-corrected chi connectivity index (χ2v) is 7.18. The third kappa shape index (κ3) is 4.70. The zero-order valence-corrected chi connectivity index (χ0v) is 17.3. The van der Waals surface area contributed by atoms with Gasteiger partial charge in [-0.15, -0.1) is 0 Å². The Balaban J connectivity index is 1.63. The number of carbonyl (C=O) groups excluding carboxylic acids is 1. The van der Waals surface area contributed by atoms with E-state index in [2.05, 4.69) is 26.1 Å². The second kappa shape index (κ2) is 8.58. The number of hydrogen-bond donors (Lipinski definition) is 0. The summed E-state index contributed by atoms with van der Waals surface area (Å²) < 4.78 is 9.93. The normalized spacial score (nSPS) is 10.8. The minimum absolute atomic E-state index is 0.174. The molecule has 142 valence electrons. The highest BCUT2D eigenvalue weighted by Gasteiger charge is 2.18. The lowest BCUT2D eigenvalue weighted by atomic mass is 10.3. The van der Waals surface area contributed by atoms with Gasteiger partial charge in [0.2, 0.25) is 0 Å². The maximum atomic E-state index is 12.7. The summed E-state index contributed by atoms with van der Waals surface area (Å²) in [6, 6.07) is 8.79. The first kappa shape index (κ1) is 19.4. The van der Waals surface area contributed by atoms with Gasteiger partial charge in [-0.25, -0.2) is 4.68 Å². The van der Waals surface area contributed by atoms with E-state index < -0.39 is 0 Å². The van der Waals surface area contributed by atoms with Gasteiger partial charge < -0.3 is 9.64 Å². The largest absolute Gasteiger partial charge is 0.471 e. The maximum absolute atomic E-state index is 12.7. The minimum atomic E-state index is -0.174. The Morgan fingerprint density at radius 1 is 1.37 bits per heavy atom. The summed E-state index contributed by atoms with van der Waals surface area (Å²) in [5.41, 5.74) is 1.29. The monoisotopic (exact) mass is 451 g/mol. The van der Waals surface area contributed by atoms with Crippen molar-refractivity contribution >= 4 is 33.4 Å². The van der Waals surface area contributed by atoms with Crippen LogP contribution in [0.4, 0.5) is 0 Å². The van der Waals surface area contributed by atoms with E-state index in [4.69, 9.17) is 16.3 Å². The van der Waals surface area contributed by atoms with Crippen molar-refractivity contribution < 1.29 is 9.53 Å².